The van der Waals surface area contributed by atoms with Gasteiger partial charge in [-0.15, -0.1) is 0 Å². The first kappa shape index (κ1) is 45.9. The summed E-state index contributed by atoms with van der Waals surface area (Å²) in [5.41, 5.74) is 21.0. The first-order valence-electron chi connectivity index (χ1n) is 27.0. The molecule has 1 aliphatic heterocycles. The van der Waals surface area contributed by atoms with Crippen LogP contribution in [0.5, 0.6) is 11.5 Å². The second-order valence-electron chi connectivity index (χ2n) is 20.4. The van der Waals surface area contributed by atoms with Gasteiger partial charge in [0.25, 0.3) is 0 Å². The van der Waals surface area contributed by atoms with Crippen LogP contribution in [-0.4, -0.2) is 0 Å². The van der Waals surface area contributed by atoms with Crippen LogP contribution < -0.4 is 14.5 Å². The highest BCUT2D eigenvalue weighted by Crippen LogP contribution is 2.64. The minimum absolute atomic E-state index is 0.706. The van der Waals surface area contributed by atoms with Gasteiger partial charge in [0.1, 0.15) is 16.7 Å². The van der Waals surface area contributed by atoms with E-state index in [0.29, 0.717) is 5.75 Å². The molecule has 1 aliphatic carbocycles. The molecule has 1 aromatic heterocycles. The molecule has 0 fully saturated rings. The van der Waals surface area contributed by atoms with Gasteiger partial charge in [0.2, 0.25) is 0 Å². The van der Waals surface area contributed by atoms with E-state index in [-0.39, 0.29) is 0 Å². The van der Waals surface area contributed by atoms with Gasteiger partial charge in [-0.1, -0.05) is 224 Å². The number of hydrogen-bond acceptors (Lipinski definition) is 4. The minimum Gasteiger partial charge on any atom is -0.455 e. The Morgan fingerprint density at radius 3 is 1.00 bits per heavy atom. The molecule has 0 N–H and O–H groups in total. The third-order valence-electron chi connectivity index (χ3n) is 15.9. The van der Waals surface area contributed by atoms with E-state index < -0.39 is 5.41 Å². The summed E-state index contributed by atoms with van der Waals surface area (Å²) in [5, 5.41) is 0.890. The van der Waals surface area contributed by atoms with Crippen molar-refractivity contribution in [3.8, 4) is 67.1 Å². The van der Waals surface area contributed by atoms with Crippen molar-refractivity contribution in [3.63, 3.8) is 0 Å². The van der Waals surface area contributed by atoms with Crippen molar-refractivity contribution in [2.75, 3.05) is 9.80 Å². The highest BCUT2D eigenvalue weighted by molar-refractivity contribution is 5.97. The van der Waals surface area contributed by atoms with E-state index in [9.17, 15) is 0 Å². The number of fused-ring (bicyclic) bond motifs is 11. The number of rotatable bonds is 10. The van der Waals surface area contributed by atoms with Gasteiger partial charge in [0, 0.05) is 45.8 Å². The molecule has 2 aliphatic rings. The van der Waals surface area contributed by atoms with E-state index in [4.69, 9.17) is 9.15 Å². The summed E-state index contributed by atoms with van der Waals surface area (Å²) in [5.74, 6) is 2.24. The highest BCUT2D eigenvalue weighted by Gasteiger charge is 2.54. The highest BCUT2D eigenvalue weighted by atomic mass is 16.5. The lowest BCUT2D eigenvalue weighted by atomic mass is 9.69. The molecule has 1 spiro atoms. The van der Waals surface area contributed by atoms with Crippen LogP contribution in [0.3, 0.4) is 0 Å². The van der Waals surface area contributed by atoms with Crippen molar-refractivity contribution in [2.24, 2.45) is 0 Å². The lowest BCUT2D eigenvalue weighted by Gasteiger charge is -2.37. The molecule has 372 valence electrons. The number of furan rings is 1. The summed E-state index contributed by atoms with van der Waals surface area (Å²) in [6.07, 6.45) is 0. The van der Waals surface area contributed by atoms with Crippen LogP contribution >= 0.6 is 0 Å². The molecule has 4 nitrogen and oxygen atoms in total. The Balaban J connectivity index is 0.911. The quantitative estimate of drug-likeness (QED) is 0.137. The normalized spacial score (nSPS) is 12.5. The molecule has 0 bridgehead atoms. The molecular formula is C75H50N2O2. The lowest BCUT2D eigenvalue weighted by molar-refractivity contribution is 0.389. The van der Waals surface area contributed by atoms with Crippen LogP contribution in [0.1, 0.15) is 22.5 Å². The number of nitrogens with zero attached hydrogens (tertiary/aromatic N) is 2. The third-order valence-corrected chi connectivity index (χ3v) is 15.9. The Morgan fingerprint density at radius 1 is 0.266 bits per heavy atom. The van der Waals surface area contributed by atoms with Crippen molar-refractivity contribution in [1.82, 2.24) is 0 Å². The average Bonchev–Trinajstić information content (AvgIpc) is 2.64. The smallest absolute Gasteiger partial charge is 0.178 e. The topological polar surface area (TPSA) is 28.9 Å². The maximum Gasteiger partial charge on any atom is 0.178 e. The van der Waals surface area contributed by atoms with Crippen molar-refractivity contribution >= 4 is 45.1 Å². The molecule has 0 saturated carbocycles. The fourth-order valence-corrected chi connectivity index (χ4v) is 12.2. The second-order valence-corrected chi connectivity index (χ2v) is 20.4. The first-order chi connectivity index (χ1) is 39.2. The van der Waals surface area contributed by atoms with Gasteiger partial charge in [-0.05, 0) is 140 Å². The molecule has 0 saturated heterocycles. The Kier molecular flexibility index (Phi) is 11.0. The fraction of sp³-hybridized carbons (Fsp3) is 0.0133. The summed E-state index contributed by atoms with van der Waals surface area (Å²) >= 11 is 0. The van der Waals surface area contributed by atoms with E-state index in [1.165, 1.54) is 33.4 Å². The molecule has 0 unspecified atom stereocenters. The molecule has 4 heteroatoms. The molecule has 0 atom stereocenters. The standard InChI is InChI=1S/C75H50N2O2/c1-5-17-51(18-6-1)55-29-37-59(38-30-55)76(60-39-31-56(32-40-60)52-19-7-2-8-20-52)63-46-48-71-67(49-63)73-74(79-71)75(68-27-15-13-25-65(68)66-26-14-16-28-69(66)75)70-47-45-64(50-72(70)78-73)77(61-41-33-57(34-42-61)53-21-9-3-10-22-53)62-43-35-58(36-44-62)54-23-11-4-12-24-54/h1-50H. The van der Waals surface area contributed by atoms with Crippen molar-refractivity contribution < 1.29 is 9.15 Å². The zero-order valence-corrected chi connectivity index (χ0v) is 43.1. The number of ether oxygens (including phenoxy) is 1. The average molecular weight is 1010 g/mol. The Hall–Kier alpha value is -10.4. The number of anilines is 6. The van der Waals surface area contributed by atoms with Crippen LogP contribution in [0.4, 0.5) is 34.1 Å². The minimum atomic E-state index is -0.826. The van der Waals surface area contributed by atoms with Gasteiger partial charge in [-0.2, -0.15) is 0 Å². The molecule has 0 amide bonds. The summed E-state index contributed by atoms with van der Waals surface area (Å²) in [6, 6.07) is 109. The lowest BCUT2D eigenvalue weighted by Crippen LogP contribution is -2.31. The largest absolute Gasteiger partial charge is 0.455 e. The predicted octanol–water partition coefficient (Wildman–Crippen LogP) is 20.5. The maximum atomic E-state index is 7.50. The van der Waals surface area contributed by atoms with Crippen LogP contribution in [0.15, 0.2) is 308 Å². The van der Waals surface area contributed by atoms with Crippen molar-refractivity contribution in [1.29, 1.82) is 0 Å². The Bertz CT molecular complexity index is 4130. The molecule has 2 heterocycles. The fourth-order valence-electron chi connectivity index (χ4n) is 12.2. The zero-order valence-electron chi connectivity index (χ0n) is 43.1. The Labute approximate surface area is 460 Å². The SMILES string of the molecule is c1ccc(-c2ccc(N(c3ccc(-c4ccccc4)cc3)c3ccc4c(c3)Oc3c(oc5ccc(N(c6ccc(-c7ccccc7)cc6)c6ccc(-c7ccccc7)cc6)cc35)C43c4ccccc4-c4ccccc43)cc2)cc1. The summed E-state index contributed by atoms with van der Waals surface area (Å²) in [4.78, 5) is 4.67. The molecule has 79 heavy (non-hydrogen) atoms. The molecule has 0 radical (unpaired) electrons. The van der Waals surface area contributed by atoms with Gasteiger partial charge >= 0.3 is 0 Å². The second kappa shape index (κ2) is 19.0. The molecule has 12 aromatic carbocycles. The van der Waals surface area contributed by atoms with Gasteiger partial charge in [-0.3, -0.25) is 0 Å². The first-order valence-corrected chi connectivity index (χ1v) is 27.0. The maximum absolute atomic E-state index is 7.50. The van der Waals surface area contributed by atoms with E-state index in [1.807, 2.05) is 0 Å². The van der Waals surface area contributed by atoms with Crippen molar-refractivity contribution in [2.45, 2.75) is 5.41 Å². The predicted molar refractivity (Wildman–Crippen MR) is 325 cm³/mol. The molecule has 13 aromatic rings. The number of hydrogen-bond donors (Lipinski definition) is 0. The Morgan fingerprint density at radius 2 is 0.595 bits per heavy atom. The summed E-state index contributed by atoms with van der Waals surface area (Å²) in [6.45, 7) is 0. The van der Waals surface area contributed by atoms with E-state index in [0.717, 1.165) is 95.5 Å². The van der Waals surface area contributed by atoms with Gasteiger partial charge in [0.05, 0.1) is 5.39 Å². The van der Waals surface area contributed by atoms with Crippen LogP contribution in [-0.2, 0) is 5.41 Å². The van der Waals surface area contributed by atoms with Crippen LogP contribution in [0.2, 0.25) is 0 Å². The monoisotopic (exact) mass is 1010 g/mol. The van der Waals surface area contributed by atoms with Crippen LogP contribution in [0.25, 0.3) is 66.6 Å². The number of benzene rings is 12. The summed E-state index contributed by atoms with van der Waals surface area (Å²) < 4.78 is 14.8. The van der Waals surface area contributed by atoms with Gasteiger partial charge in [-0.25, -0.2) is 0 Å². The van der Waals surface area contributed by atoms with Crippen LogP contribution in [0, 0.1) is 0 Å². The van der Waals surface area contributed by atoms with Crippen molar-refractivity contribution in [3.05, 3.63) is 326 Å². The molecule has 15 rings (SSSR count). The van der Waals surface area contributed by atoms with E-state index in [1.54, 1.807) is 0 Å². The van der Waals surface area contributed by atoms with Gasteiger partial charge in [0.15, 0.2) is 11.5 Å². The summed E-state index contributed by atoms with van der Waals surface area (Å²) in [7, 11) is 0. The van der Waals surface area contributed by atoms with E-state index >= 15 is 0 Å². The van der Waals surface area contributed by atoms with E-state index in [2.05, 4.69) is 313 Å². The third kappa shape index (κ3) is 7.76. The zero-order chi connectivity index (χ0) is 52.3. The van der Waals surface area contributed by atoms with Gasteiger partial charge < -0.3 is 19.0 Å². The molecular weight excluding hydrogens is 961 g/mol.